The number of anilines is 1. The minimum atomic E-state index is -1.04. The molecule has 0 aromatic heterocycles. The summed E-state index contributed by atoms with van der Waals surface area (Å²) in [5.41, 5.74) is 5.33. The Bertz CT molecular complexity index is 1260. The lowest BCUT2D eigenvalue weighted by molar-refractivity contribution is -0.119. The zero-order valence-corrected chi connectivity index (χ0v) is 19.3. The predicted molar refractivity (Wildman–Crippen MR) is 131 cm³/mol. The largest absolute Gasteiger partial charge is 0.478 e. The van der Waals surface area contributed by atoms with Crippen LogP contribution in [-0.4, -0.2) is 43.3 Å². The van der Waals surface area contributed by atoms with Gasteiger partial charge in [-0.05, 0) is 52.8 Å². The standard InChI is InChI=1S/C28H26N2O5/c1-30(19-8-6-7-17(13-19)27(32)33)26(31)24-14-18(24)15-29-28(34)35-16-25-22-11-4-2-9-20(22)21-10-3-5-12-23(21)25/h2-13,18,24-25H,14-16H2,1H3,(H,29,34)(H,32,33). The molecule has 2 unspecified atom stereocenters. The number of hydrogen-bond acceptors (Lipinski definition) is 4. The van der Waals surface area contributed by atoms with Gasteiger partial charge in [0.25, 0.3) is 0 Å². The quantitative estimate of drug-likeness (QED) is 0.529. The average Bonchev–Trinajstić information content (AvgIpc) is 3.60. The number of fused-ring (bicyclic) bond motifs is 3. The van der Waals surface area contributed by atoms with Crippen molar-refractivity contribution in [1.29, 1.82) is 0 Å². The third kappa shape index (κ3) is 4.49. The second-order valence-corrected chi connectivity index (χ2v) is 9.06. The van der Waals surface area contributed by atoms with Crippen LogP contribution in [0.15, 0.2) is 72.8 Å². The molecule has 5 rings (SSSR count). The SMILES string of the molecule is CN(C(=O)C1CC1CNC(=O)OCC1c2ccccc2-c2ccccc21)c1cccc(C(=O)O)c1. The summed E-state index contributed by atoms with van der Waals surface area (Å²) < 4.78 is 5.56. The summed E-state index contributed by atoms with van der Waals surface area (Å²) in [4.78, 5) is 37.9. The number of benzene rings is 3. The van der Waals surface area contributed by atoms with E-state index in [9.17, 15) is 14.4 Å². The molecule has 3 aromatic rings. The normalized spacial score (nSPS) is 17.7. The Morgan fingerprint density at radius 1 is 0.971 bits per heavy atom. The number of alkyl carbamates (subject to hydrolysis) is 1. The zero-order valence-electron chi connectivity index (χ0n) is 19.3. The summed E-state index contributed by atoms with van der Waals surface area (Å²) in [6.45, 7) is 0.603. The van der Waals surface area contributed by atoms with Gasteiger partial charge in [-0.1, -0.05) is 54.6 Å². The van der Waals surface area contributed by atoms with E-state index in [1.165, 1.54) is 28.2 Å². The Balaban J connectivity index is 1.12. The summed E-state index contributed by atoms with van der Waals surface area (Å²) in [5, 5.41) is 12.0. The number of carboxylic acids is 1. The van der Waals surface area contributed by atoms with Gasteiger partial charge in [-0.2, -0.15) is 0 Å². The molecule has 0 spiro atoms. The zero-order chi connectivity index (χ0) is 24.5. The summed E-state index contributed by atoms with van der Waals surface area (Å²) in [5.74, 6) is -1.30. The molecular formula is C28H26N2O5. The van der Waals surface area contributed by atoms with E-state index in [0.717, 1.165) is 11.1 Å². The number of nitrogens with zero attached hydrogens (tertiary/aromatic N) is 1. The first-order valence-electron chi connectivity index (χ1n) is 11.6. The maximum Gasteiger partial charge on any atom is 0.407 e. The number of carbonyl (C=O) groups is 3. The molecule has 2 amide bonds. The van der Waals surface area contributed by atoms with Crippen molar-refractivity contribution in [2.75, 3.05) is 25.1 Å². The van der Waals surface area contributed by atoms with Gasteiger partial charge in [0.05, 0.1) is 5.56 Å². The van der Waals surface area contributed by atoms with Gasteiger partial charge < -0.3 is 20.1 Å². The number of amides is 2. The summed E-state index contributed by atoms with van der Waals surface area (Å²) in [6.07, 6.45) is 0.179. The van der Waals surface area contributed by atoms with Gasteiger partial charge in [0.1, 0.15) is 6.61 Å². The van der Waals surface area contributed by atoms with Gasteiger partial charge in [0, 0.05) is 31.1 Å². The fourth-order valence-corrected chi connectivity index (χ4v) is 4.86. The lowest BCUT2D eigenvalue weighted by Crippen LogP contribution is -2.31. The highest BCUT2D eigenvalue weighted by Gasteiger charge is 2.44. The second kappa shape index (κ2) is 9.25. The van der Waals surface area contributed by atoms with Crippen molar-refractivity contribution in [2.45, 2.75) is 12.3 Å². The first-order valence-corrected chi connectivity index (χ1v) is 11.6. The van der Waals surface area contributed by atoms with Crippen LogP contribution in [0.5, 0.6) is 0 Å². The molecule has 1 fully saturated rings. The molecule has 178 valence electrons. The number of hydrogen-bond donors (Lipinski definition) is 2. The fraction of sp³-hybridized carbons (Fsp3) is 0.250. The van der Waals surface area contributed by atoms with E-state index < -0.39 is 12.1 Å². The van der Waals surface area contributed by atoms with E-state index >= 15 is 0 Å². The molecule has 2 N–H and O–H groups in total. The molecule has 7 nitrogen and oxygen atoms in total. The van der Waals surface area contributed by atoms with E-state index in [-0.39, 0.29) is 35.8 Å². The van der Waals surface area contributed by atoms with Crippen molar-refractivity contribution in [3.8, 4) is 11.1 Å². The van der Waals surface area contributed by atoms with Crippen molar-refractivity contribution in [3.63, 3.8) is 0 Å². The van der Waals surface area contributed by atoms with Gasteiger partial charge >= 0.3 is 12.1 Å². The Morgan fingerprint density at radius 3 is 2.29 bits per heavy atom. The van der Waals surface area contributed by atoms with Crippen molar-refractivity contribution < 1.29 is 24.2 Å². The lowest BCUT2D eigenvalue weighted by Gasteiger charge is -2.18. The van der Waals surface area contributed by atoms with Crippen LogP contribution >= 0.6 is 0 Å². The van der Waals surface area contributed by atoms with Gasteiger partial charge in [0.2, 0.25) is 5.91 Å². The minimum absolute atomic E-state index is 0.00128. The highest BCUT2D eigenvalue weighted by Crippen LogP contribution is 2.44. The van der Waals surface area contributed by atoms with Gasteiger partial charge in [-0.3, -0.25) is 4.79 Å². The van der Waals surface area contributed by atoms with Crippen LogP contribution in [0, 0.1) is 11.8 Å². The van der Waals surface area contributed by atoms with Crippen LogP contribution in [0.3, 0.4) is 0 Å². The van der Waals surface area contributed by atoms with E-state index in [0.29, 0.717) is 18.7 Å². The molecule has 2 atom stereocenters. The molecule has 0 bridgehead atoms. The van der Waals surface area contributed by atoms with Crippen molar-refractivity contribution in [1.82, 2.24) is 5.32 Å². The molecule has 3 aromatic carbocycles. The number of nitrogens with one attached hydrogen (secondary N) is 1. The molecule has 0 aliphatic heterocycles. The highest BCUT2D eigenvalue weighted by molar-refractivity contribution is 5.98. The number of ether oxygens (including phenoxy) is 1. The van der Waals surface area contributed by atoms with E-state index in [4.69, 9.17) is 9.84 Å². The van der Waals surface area contributed by atoms with Crippen LogP contribution < -0.4 is 10.2 Å². The predicted octanol–water partition coefficient (Wildman–Crippen LogP) is 4.52. The van der Waals surface area contributed by atoms with Crippen molar-refractivity contribution in [2.24, 2.45) is 11.8 Å². The first kappa shape index (κ1) is 22.7. The van der Waals surface area contributed by atoms with Crippen molar-refractivity contribution in [3.05, 3.63) is 89.5 Å². The summed E-state index contributed by atoms with van der Waals surface area (Å²) in [6, 6.07) is 22.6. The third-order valence-corrected chi connectivity index (χ3v) is 6.90. The van der Waals surface area contributed by atoms with Crippen LogP contribution in [0.25, 0.3) is 11.1 Å². The molecule has 7 heteroatoms. The Labute approximate surface area is 203 Å². The van der Waals surface area contributed by atoms with Crippen LogP contribution in [-0.2, 0) is 9.53 Å². The van der Waals surface area contributed by atoms with Crippen LogP contribution in [0.1, 0.15) is 33.8 Å². The van der Waals surface area contributed by atoms with Gasteiger partial charge in [0.15, 0.2) is 0 Å². The number of aromatic carboxylic acids is 1. The average molecular weight is 471 g/mol. The maximum atomic E-state index is 12.8. The fourth-order valence-electron chi connectivity index (χ4n) is 4.86. The van der Waals surface area contributed by atoms with Gasteiger partial charge in [-0.15, -0.1) is 0 Å². The molecule has 0 radical (unpaired) electrons. The molecule has 1 saturated carbocycles. The van der Waals surface area contributed by atoms with E-state index in [1.54, 1.807) is 19.2 Å². The summed E-state index contributed by atoms with van der Waals surface area (Å²) in [7, 11) is 1.64. The monoisotopic (exact) mass is 470 g/mol. The number of carbonyl (C=O) groups excluding carboxylic acids is 2. The van der Waals surface area contributed by atoms with E-state index in [2.05, 4.69) is 29.6 Å². The van der Waals surface area contributed by atoms with Crippen LogP contribution in [0.2, 0.25) is 0 Å². The van der Waals surface area contributed by atoms with Crippen LogP contribution in [0.4, 0.5) is 10.5 Å². The molecular weight excluding hydrogens is 444 g/mol. The number of carboxylic acid groups (broad SMARTS) is 1. The molecule has 0 heterocycles. The molecule has 2 aliphatic carbocycles. The lowest BCUT2D eigenvalue weighted by atomic mass is 9.98. The maximum absolute atomic E-state index is 12.8. The smallest absolute Gasteiger partial charge is 0.407 e. The topological polar surface area (TPSA) is 95.9 Å². The molecule has 35 heavy (non-hydrogen) atoms. The van der Waals surface area contributed by atoms with Gasteiger partial charge in [-0.25, -0.2) is 9.59 Å². The Kier molecular flexibility index (Phi) is 5.99. The Morgan fingerprint density at radius 2 is 1.63 bits per heavy atom. The first-order chi connectivity index (χ1) is 16.9. The number of rotatable bonds is 7. The third-order valence-electron chi connectivity index (χ3n) is 6.90. The minimum Gasteiger partial charge on any atom is -0.478 e. The highest BCUT2D eigenvalue weighted by atomic mass is 16.5. The summed E-state index contributed by atoms with van der Waals surface area (Å²) >= 11 is 0. The Hall–Kier alpha value is -4.13. The van der Waals surface area contributed by atoms with Crippen molar-refractivity contribution >= 4 is 23.7 Å². The molecule has 2 aliphatic rings. The second-order valence-electron chi connectivity index (χ2n) is 9.06. The molecule has 0 saturated heterocycles. The van der Waals surface area contributed by atoms with E-state index in [1.807, 2.05) is 24.3 Å².